The standard InChI is InChI=1S/C14H8Br2O2/c15-7-1-3-9-11(5-7)12-6-8(16)2-4-10(12)14(18)13(9)17/h1-6,13,17H. The highest BCUT2D eigenvalue weighted by Gasteiger charge is 2.30. The topological polar surface area (TPSA) is 37.3 Å². The zero-order valence-electron chi connectivity index (χ0n) is 9.15. The average molecular weight is 368 g/mol. The van der Waals surface area contributed by atoms with Crippen molar-refractivity contribution in [3.63, 3.8) is 0 Å². The zero-order valence-corrected chi connectivity index (χ0v) is 12.3. The highest BCUT2D eigenvalue weighted by molar-refractivity contribution is 9.10. The fourth-order valence-electron chi connectivity index (χ4n) is 2.24. The molecule has 1 aliphatic carbocycles. The van der Waals surface area contributed by atoms with Crippen molar-refractivity contribution in [2.45, 2.75) is 6.10 Å². The van der Waals surface area contributed by atoms with E-state index in [0.29, 0.717) is 11.1 Å². The van der Waals surface area contributed by atoms with Gasteiger partial charge in [0.05, 0.1) is 0 Å². The quantitative estimate of drug-likeness (QED) is 0.760. The van der Waals surface area contributed by atoms with Gasteiger partial charge in [0.2, 0.25) is 0 Å². The molecule has 1 aliphatic rings. The van der Waals surface area contributed by atoms with Crippen LogP contribution in [0.25, 0.3) is 11.1 Å². The summed E-state index contributed by atoms with van der Waals surface area (Å²) in [6.07, 6.45) is -1.07. The van der Waals surface area contributed by atoms with E-state index in [1.165, 1.54) is 0 Å². The predicted octanol–water partition coefficient (Wildman–Crippen LogP) is 4.11. The van der Waals surface area contributed by atoms with Crippen LogP contribution in [0, 0.1) is 0 Å². The number of aliphatic hydroxyl groups is 1. The summed E-state index contributed by atoms with van der Waals surface area (Å²) in [5, 5.41) is 10.1. The Bertz CT molecular complexity index is 665. The second-order valence-electron chi connectivity index (χ2n) is 4.19. The number of hydrogen-bond acceptors (Lipinski definition) is 2. The molecule has 2 aromatic rings. The normalized spacial score (nSPS) is 17.3. The van der Waals surface area contributed by atoms with Gasteiger partial charge in [0, 0.05) is 14.5 Å². The van der Waals surface area contributed by atoms with E-state index < -0.39 is 6.10 Å². The van der Waals surface area contributed by atoms with Crippen LogP contribution in [0.2, 0.25) is 0 Å². The van der Waals surface area contributed by atoms with Gasteiger partial charge in [0.1, 0.15) is 6.10 Å². The first-order valence-corrected chi connectivity index (χ1v) is 6.98. The Morgan fingerprint density at radius 3 is 2.22 bits per heavy atom. The molecule has 0 radical (unpaired) electrons. The van der Waals surface area contributed by atoms with Crippen LogP contribution in [0.4, 0.5) is 0 Å². The molecule has 0 aliphatic heterocycles. The van der Waals surface area contributed by atoms with Gasteiger partial charge in [-0.25, -0.2) is 0 Å². The van der Waals surface area contributed by atoms with E-state index in [1.54, 1.807) is 12.1 Å². The zero-order chi connectivity index (χ0) is 12.9. The van der Waals surface area contributed by atoms with Crippen LogP contribution in [-0.4, -0.2) is 10.9 Å². The lowest BCUT2D eigenvalue weighted by molar-refractivity contribution is 0.0744. The summed E-state index contributed by atoms with van der Waals surface area (Å²) < 4.78 is 1.84. The average Bonchev–Trinajstić information content (AvgIpc) is 2.36. The summed E-state index contributed by atoms with van der Waals surface area (Å²) in [5.41, 5.74) is 2.98. The molecule has 1 unspecified atom stereocenters. The van der Waals surface area contributed by atoms with Gasteiger partial charge in [-0.15, -0.1) is 0 Å². The van der Waals surface area contributed by atoms with Gasteiger partial charge in [-0.2, -0.15) is 0 Å². The predicted molar refractivity (Wildman–Crippen MR) is 76.6 cm³/mol. The molecule has 18 heavy (non-hydrogen) atoms. The lowest BCUT2D eigenvalue weighted by Gasteiger charge is -2.23. The number of hydrogen-bond donors (Lipinski definition) is 1. The maximum absolute atomic E-state index is 12.1. The molecule has 0 aromatic heterocycles. The number of aliphatic hydroxyl groups excluding tert-OH is 1. The second-order valence-corrected chi connectivity index (χ2v) is 6.02. The van der Waals surface area contributed by atoms with Gasteiger partial charge >= 0.3 is 0 Å². The number of halogens is 2. The Morgan fingerprint density at radius 1 is 0.889 bits per heavy atom. The van der Waals surface area contributed by atoms with Gasteiger partial charge in [0.25, 0.3) is 0 Å². The van der Waals surface area contributed by atoms with Crippen LogP contribution < -0.4 is 0 Å². The van der Waals surface area contributed by atoms with E-state index in [1.807, 2.05) is 24.3 Å². The molecule has 2 aromatic carbocycles. The third-order valence-electron chi connectivity index (χ3n) is 3.10. The summed E-state index contributed by atoms with van der Waals surface area (Å²) in [7, 11) is 0. The number of ketones is 1. The number of carbonyl (C=O) groups is 1. The van der Waals surface area contributed by atoms with Crippen molar-refractivity contribution >= 4 is 37.6 Å². The summed E-state index contributed by atoms with van der Waals surface area (Å²) >= 11 is 6.83. The number of rotatable bonds is 0. The van der Waals surface area contributed by atoms with Crippen LogP contribution in [-0.2, 0) is 0 Å². The number of fused-ring (bicyclic) bond motifs is 3. The van der Waals surface area contributed by atoms with E-state index in [-0.39, 0.29) is 5.78 Å². The van der Waals surface area contributed by atoms with Crippen molar-refractivity contribution in [3.8, 4) is 11.1 Å². The summed E-state index contributed by atoms with van der Waals surface area (Å²) in [6.45, 7) is 0. The number of carbonyl (C=O) groups excluding carboxylic acids is 1. The maximum Gasteiger partial charge on any atom is 0.196 e. The van der Waals surface area contributed by atoms with Crippen molar-refractivity contribution < 1.29 is 9.90 Å². The molecule has 1 atom stereocenters. The molecule has 0 saturated heterocycles. The Hall–Kier alpha value is -0.970. The van der Waals surface area contributed by atoms with E-state index in [2.05, 4.69) is 31.9 Å². The third-order valence-corrected chi connectivity index (χ3v) is 4.08. The van der Waals surface area contributed by atoms with E-state index in [0.717, 1.165) is 20.1 Å². The Morgan fingerprint density at radius 2 is 1.50 bits per heavy atom. The molecule has 0 saturated carbocycles. The molecule has 0 fully saturated rings. The van der Waals surface area contributed by atoms with Gasteiger partial charge in [-0.1, -0.05) is 37.9 Å². The number of benzene rings is 2. The third kappa shape index (κ3) is 1.76. The van der Waals surface area contributed by atoms with Gasteiger partial charge < -0.3 is 5.11 Å². The Kier molecular flexibility index (Phi) is 2.88. The minimum atomic E-state index is -1.07. The highest BCUT2D eigenvalue weighted by Crippen LogP contribution is 2.40. The molecule has 2 nitrogen and oxygen atoms in total. The second kappa shape index (κ2) is 4.30. The maximum atomic E-state index is 12.1. The first-order chi connectivity index (χ1) is 8.58. The van der Waals surface area contributed by atoms with Crippen molar-refractivity contribution in [2.24, 2.45) is 0 Å². The summed E-state index contributed by atoms with van der Waals surface area (Å²) in [6, 6.07) is 11.0. The van der Waals surface area contributed by atoms with E-state index >= 15 is 0 Å². The summed E-state index contributed by atoms with van der Waals surface area (Å²) in [5.74, 6) is -0.243. The van der Waals surface area contributed by atoms with Gasteiger partial charge in [0.15, 0.2) is 5.78 Å². The van der Waals surface area contributed by atoms with Crippen LogP contribution in [0.1, 0.15) is 22.0 Å². The van der Waals surface area contributed by atoms with Gasteiger partial charge in [-0.05, 0) is 47.0 Å². The highest BCUT2D eigenvalue weighted by atomic mass is 79.9. The van der Waals surface area contributed by atoms with Crippen molar-refractivity contribution in [1.29, 1.82) is 0 Å². The van der Waals surface area contributed by atoms with Gasteiger partial charge in [-0.3, -0.25) is 4.79 Å². The van der Waals surface area contributed by atoms with Crippen molar-refractivity contribution in [2.75, 3.05) is 0 Å². The van der Waals surface area contributed by atoms with E-state index in [9.17, 15) is 9.90 Å². The fourth-order valence-corrected chi connectivity index (χ4v) is 2.97. The molecule has 0 spiro atoms. The first-order valence-electron chi connectivity index (χ1n) is 5.39. The molecular weight excluding hydrogens is 360 g/mol. The summed E-state index contributed by atoms with van der Waals surface area (Å²) in [4.78, 5) is 12.1. The monoisotopic (exact) mass is 366 g/mol. The van der Waals surface area contributed by atoms with Crippen LogP contribution >= 0.6 is 31.9 Å². The first kappa shape index (κ1) is 12.1. The number of Topliss-reactive ketones (excluding diaryl/α,β-unsaturated/α-hetero) is 1. The minimum Gasteiger partial charge on any atom is -0.380 e. The molecule has 0 bridgehead atoms. The van der Waals surface area contributed by atoms with Crippen molar-refractivity contribution in [1.82, 2.24) is 0 Å². The van der Waals surface area contributed by atoms with Crippen LogP contribution in [0.5, 0.6) is 0 Å². The molecule has 1 N–H and O–H groups in total. The Labute approximate surface area is 121 Å². The lowest BCUT2D eigenvalue weighted by atomic mass is 9.83. The largest absolute Gasteiger partial charge is 0.380 e. The minimum absolute atomic E-state index is 0.243. The van der Waals surface area contributed by atoms with E-state index in [4.69, 9.17) is 0 Å². The van der Waals surface area contributed by atoms with Crippen molar-refractivity contribution in [3.05, 3.63) is 56.5 Å². The fraction of sp³-hybridized carbons (Fsp3) is 0.0714. The molecule has 0 amide bonds. The molecule has 90 valence electrons. The Balaban J connectivity index is 2.37. The molecule has 3 rings (SSSR count). The molecular formula is C14H8Br2O2. The van der Waals surface area contributed by atoms with Crippen LogP contribution in [0.3, 0.4) is 0 Å². The molecule has 4 heteroatoms. The SMILES string of the molecule is O=C1c2ccc(Br)cc2-c2cc(Br)ccc2C1O. The van der Waals surface area contributed by atoms with Crippen LogP contribution in [0.15, 0.2) is 45.3 Å². The lowest BCUT2D eigenvalue weighted by Crippen LogP contribution is -2.19. The molecule has 0 heterocycles. The smallest absolute Gasteiger partial charge is 0.196 e.